The summed E-state index contributed by atoms with van der Waals surface area (Å²) in [5.74, 6) is -0.684. The third kappa shape index (κ3) is 5.95. The van der Waals surface area contributed by atoms with Gasteiger partial charge in [-0.3, -0.25) is 24.6 Å². The summed E-state index contributed by atoms with van der Waals surface area (Å²) in [7, 11) is -4.06. The molecule has 0 radical (unpaired) electrons. The predicted octanol–water partition coefficient (Wildman–Crippen LogP) is 1.84. The summed E-state index contributed by atoms with van der Waals surface area (Å²) in [6.07, 6.45) is 1.36. The molecule has 12 heteroatoms. The first-order chi connectivity index (χ1) is 15.6. The molecule has 0 atom stereocenters. The van der Waals surface area contributed by atoms with Gasteiger partial charge in [-0.1, -0.05) is 29.8 Å². The van der Waals surface area contributed by atoms with Crippen molar-refractivity contribution in [2.75, 3.05) is 5.43 Å². The SMILES string of the molecule is Cc1ccc(CNC(=O)Cn2c(C)cnc(NNS(=O)(=O)c3ccccc3Cl)c2=O)c(C)n1. The Hall–Kier alpha value is -3.28. The highest BCUT2D eigenvalue weighted by atomic mass is 35.5. The average Bonchev–Trinajstić information content (AvgIpc) is 2.75. The maximum Gasteiger partial charge on any atom is 0.295 e. The number of pyridine rings is 1. The largest absolute Gasteiger partial charge is 0.350 e. The molecular formula is C21H23ClN6O4S. The number of anilines is 1. The molecule has 1 amide bonds. The van der Waals surface area contributed by atoms with Gasteiger partial charge in [-0.15, -0.1) is 4.83 Å². The fraction of sp³-hybridized carbons (Fsp3) is 0.238. The maximum absolute atomic E-state index is 12.8. The highest BCUT2D eigenvalue weighted by Crippen LogP contribution is 2.19. The molecule has 3 aromatic rings. The van der Waals surface area contributed by atoms with Crippen LogP contribution in [0.4, 0.5) is 5.82 Å². The number of carbonyl (C=O) groups excluding carboxylic acids is 1. The Labute approximate surface area is 196 Å². The summed E-state index contributed by atoms with van der Waals surface area (Å²) < 4.78 is 26.1. The Bertz CT molecular complexity index is 1360. The van der Waals surface area contributed by atoms with E-state index in [2.05, 4.69) is 25.5 Å². The van der Waals surface area contributed by atoms with Crippen LogP contribution in [-0.2, 0) is 27.9 Å². The number of benzene rings is 1. The number of nitrogens with zero attached hydrogens (tertiary/aromatic N) is 3. The van der Waals surface area contributed by atoms with Gasteiger partial charge in [0.25, 0.3) is 15.6 Å². The third-order valence-electron chi connectivity index (χ3n) is 4.80. The van der Waals surface area contributed by atoms with Gasteiger partial charge in [-0.05, 0) is 44.5 Å². The summed E-state index contributed by atoms with van der Waals surface area (Å²) in [5, 5.41) is 2.78. The predicted molar refractivity (Wildman–Crippen MR) is 124 cm³/mol. The zero-order chi connectivity index (χ0) is 24.2. The van der Waals surface area contributed by atoms with Crippen molar-refractivity contribution in [3.63, 3.8) is 0 Å². The van der Waals surface area contributed by atoms with Crippen molar-refractivity contribution in [1.82, 2.24) is 24.7 Å². The summed E-state index contributed by atoms with van der Waals surface area (Å²) >= 11 is 5.94. The monoisotopic (exact) mass is 490 g/mol. The van der Waals surface area contributed by atoms with Crippen molar-refractivity contribution in [2.45, 2.75) is 38.8 Å². The number of carbonyl (C=O) groups is 1. The highest BCUT2D eigenvalue weighted by Gasteiger charge is 2.19. The molecule has 0 fully saturated rings. The van der Waals surface area contributed by atoms with E-state index in [1.165, 1.54) is 29.0 Å². The van der Waals surface area contributed by atoms with Crippen molar-refractivity contribution < 1.29 is 13.2 Å². The zero-order valence-electron chi connectivity index (χ0n) is 18.2. The van der Waals surface area contributed by atoms with Gasteiger partial charge in [-0.2, -0.15) is 0 Å². The van der Waals surface area contributed by atoms with Crippen molar-refractivity contribution in [2.24, 2.45) is 0 Å². The average molecular weight is 491 g/mol. The minimum Gasteiger partial charge on any atom is -0.350 e. The smallest absolute Gasteiger partial charge is 0.295 e. The van der Waals surface area contributed by atoms with Crippen LogP contribution in [0, 0.1) is 20.8 Å². The zero-order valence-corrected chi connectivity index (χ0v) is 19.8. The quantitative estimate of drug-likeness (QED) is 0.410. The second-order valence-electron chi connectivity index (χ2n) is 7.27. The number of rotatable bonds is 8. The Morgan fingerprint density at radius 3 is 2.55 bits per heavy atom. The summed E-state index contributed by atoms with van der Waals surface area (Å²) in [4.78, 5) is 35.5. The molecule has 0 saturated carbocycles. The third-order valence-corrected chi connectivity index (χ3v) is 6.54. The second kappa shape index (κ2) is 10.1. The molecular weight excluding hydrogens is 468 g/mol. The topological polar surface area (TPSA) is 135 Å². The first-order valence-electron chi connectivity index (χ1n) is 9.87. The van der Waals surface area contributed by atoms with E-state index in [0.29, 0.717) is 5.69 Å². The standard InChI is InChI=1S/C21H23ClN6O4S/c1-13-8-9-16(15(3)25-13)11-23-19(29)12-28-14(2)10-24-20(21(28)30)26-27-33(31,32)18-7-5-4-6-17(18)22/h4-10,27H,11-12H2,1-3H3,(H,23,29)(H,24,26). The molecule has 0 saturated heterocycles. The van der Waals surface area contributed by atoms with E-state index in [0.717, 1.165) is 17.0 Å². The lowest BCUT2D eigenvalue weighted by Gasteiger charge is -2.14. The lowest BCUT2D eigenvalue weighted by molar-refractivity contribution is -0.121. The normalized spacial score (nSPS) is 11.3. The molecule has 0 aliphatic rings. The van der Waals surface area contributed by atoms with Crippen LogP contribution in [0.25, 0.3) is 0 Å². The number of nitrogens with one attached hydrogen (secondary N) is 3. The Kier molecular flexibility index (Phi) is 7.46. The molecule has 3 N–H and O–H groups in total. The molecule has 0 bridgehead atoms. The van der Waals surface area contributed by atoms with Crippen molar-refractivity contribution >= 4 is 33.3 Å². The molecule has 0 unspecified atom stereocenters. The molecule has 3 rings (SSSR count). The highest BCUT2D eigenvalue weighted by molar-refractivity contribution is 7.89. The number of hydrazine groups is 1. The fourth-order valence-electron chi connectivity index (χ4n) is 2.98. The van der Waals surface area contributed by atoms with Gasteiger partial charge < -0.3 is 5.32 Å². The van der Waals surface area contributed by atoms with E-state index in [9.17, 15) is 18.0 Å². The first kappa shape index (κ1) is 24.4. The molecule has 33 heavy (non-hydrogen) atoms. The Morgan fingerprint density at radius 1 is 1.12 bits per heavy atom. The van der Waals surface area contributed by atoms with Crippen molar-refractivity contribution in [3.8, 4) is 0 Å². The number of aryl methyl sites for hydroxylation is 3. The van der Waals surface area contributed by atoms with E-state index < -0.39 is 21.5 Å². The van der Waals surface area contributed by atoms with Crippen LogP contribution in [0.2, 0.25) is 5.02 Å². The summed E-state index contributed by atoms with van der Waals surface area (Å²) in [6.45, 7) is 5.35. The van der Waals surface area contributed by atoms with Crippen LogP contribution >= 0.6 is 11.6 Å². The second-order valence-corrected chi connectivity index (χ2v) is 9.33. The number of hydrogen-bond donors (Lipinski definition) is 3. The van der Waals surface area contributed by atoms with Gasteiger partial charge in [0, 0.05) is 29.8 Å². The molecule has 0 spiro atoms. The van der Waals surface area contributed by atoms with Gasteiger partial charge in [-0.25, -0.2) is 13.4 Å². The van der Waals surface area contributed by atoms with Crippen LogP contribution in [0.3, 0.4) is 0 Å². The van der Waals surface area contributed by atoms with Crippen LogP contribution in [0.1, 0.15) is 22.6 Å². The molecule has 2 aromatic heterocycles. The summed E-state index contributed by atoms with van der Waals surface area (Å²) in [5.41, 5.74) is 4.63. The molecule has 174 valence electrons. The van der Waals surface area contributed by atoms with Gasteiger partial charge >= 0.3 is 0 Å². The van der Waals surface area contributed by atoms with Crippen molar-refractivity contribution in [3.05, 3.63) is 80.6 Å². The van der Waals surface area contributed by atoms with Gasteiger partial charge in [0.15, 0.2) is 0 Å². The molecule has 0 aliphatic carbocycles. The van der Waals surface area contributed by atoms with Crippen LogP contribution in [-0.4, -0.2) is 28.9 Å². The van der Waals surface area contributed by atoms with Gasteiger partial charge in [0.1, 0.15) is 11.4 Å². The maximum atomic E-state index is 12.8. The van der Waals surface area contributed by atoms with Crippen molar-refractivity contribution in [1.29, 1.82) is 0 Å². The number of amides is 1. The van der Waals surface area contributed by atoms with Gasteiger partial charge in [0.05, 0.1) is 5.02 Å². The van der Waals surface area contributed by atoms with Crippen LogP contribution in [0.5, 0.6) is 0 Å². The minimum absolute atomic E-state index is 0.0248. The Balaban J connectivity index is 1.71. The van der Waals surface area contributed by atoms with Gasteiger partial charge in [0.2, 0.25) is 11.7 Å². The molecule has 1 aromatic carbocycles. The number of hydrogen-bond acceptors (Lipinski definition) is 7. The minimum atomic E-state index is -4.06. The van der Waals surface area contributed by atoms with E-state index >= 15 is 0 Å². The molecule has 0 aliphatic heterocycles. The van der Waals surface area contributed by atoms with E-state index in [1.807, 2.05) is 26.0 Å². The van der Waals surface area contributed by atoms with Crippen LogP contribution < -0.4 is 21.1 Å². The Morgan fingerprint density at radius 2 is 1.85 bits per heavy atom. The van der Waals surface area contributed by atoms with E-state index in [-0.39, 0.29) is 28.8 Å². The molecule has 10 nitrogen and oxygen atoms in total. The first-order valence-corrected chi connectivity index (χ1v) is 11.7. The number of halogens is 1. The number of aromatic nitrogens is 3. The lowest BCUT2D eigenvalue weighted by atomic mass is 10.2. The lowest BCUT2D eigenvalue weighted by Crippen LogP contribution is -2.38. The fourth-order valence-corrected chi connectivity index (χ4v) is 4.35. The molecule has 2 heterocycles. The van der Waals surface area contributed by atoms with Crippen LogP contribution in [0.15, 0.2) is 52.3 Å². The summed E-state index contributed by atoms with van der Waals surface area (Å²) in [6, 6.07) is 9.60. The number of sulfonamides is 1. The van der Waals surface area contributed by atoms with E-state index in [4.69, 9.17) is 11.6 Å². The van der Waals surface area contributed by atoms with E-state index in [1.54, 1.807) is 13.0 Å².